The van der Waals surface area contributed by atoms with Crippen molar-refractivity contribution in [3.63, 3.8) is 0 Å². The molecule has 0 bridgehead atoms. The van der Waals surface area contributed by atoms with Gasteiger partial charge in [0.15, 0.2) is 0 Å². The fourth-order valence-corrected chi connectivity index (χ4v) is 1.15. The van der Waals surface area contributed by atoms with Crippen LogP contribution in [-0.2, 0) is 9.59 Å². The van der Waals surface area contributed by atoms with Crippen LogP contribution in [0.5, 0.6) is 0 Å². The molecule has 6 nitrogen and oxygen atoms in total. The molecule has 74 valence electrons. The minimum atomic E-state index is -0.704. The topological polar surface area (TPSA) is 87.6 Å². The van der Waals surface area contributed by atoms with E-state index in [1.807, 2.05) is 0 Å². The molecular formula is C6H11N3O3S. The minimum absolute atomic E-state index is 0.142. The molecule has 0 saturated carbocycles. The van der Waals surface area contributed by atoms with Crippen LogP contribution >= 0.6 is 11.9 Å². The van der Waals surface area contributed by atoms with Crippen LogP contribution in [0.1, 0.15) is 6.92 Å². The second kappa shape index (κ2) is 6.41. The van der Waals surface area contributed by atoms with Crippen molar-refractivity contribution in [2.75, 3.05) is 12.8 Å². The second-order valence-corrected chi connectivity index (χ2v) is 2.98. The van der Waals surface area contributed by atoms with E-state index in [4.69, 9.17) is 0 Å². The molecule has 0 saturated heterocycles. The summed E-state index contributed by atoms with van der Waals surface area (Å²) >= 11 is 0.696. The van der Waals surface area contributed by atoms with Crippen molar-refractivity contribution in [2.45, 2.75) is 13.0 Å². The number of likely N-dealkylation sites (N-methyl/N-ethyl adjacent to an activating group) is 1. The molecule has 0 aliphatic rings. The van der Waals surface area contributed by atoms with Gasteiger partial charge in [0.05, 0.1) is 0 Å². The number of hydrogen-bond acceptors (Lipinski definition) is 5. The van der Waals surface area contributed by atoms with E-state index < -0.39 is 6.04 Å². The van der Waals surface area contributed by atoms with Gasteiger partial charge in [0.2, 0.25) is 11.8 Å². The van der Waals surface area contributed by atoms with Gasteiger partial charge in [0, 0.05) is 36.3 Å². The highest BCUT2D eigenvalue weighted by atomic mass is 32.2. The van der Waals surface area contributed by atoms with E-state index in [1.165, 1.54) is 14.0 Å². The molecule has 0 fully saturated rings. The second-order valence-electron chi connectivity index (χ2n) is 2.24. The molecule has 0 rings (SSSR count). The first-order valence-corrected chi connectivity index (χ1v) is 4.49. The molecule has 1 atom stereocenters. The third-order valence-electron chi connectivity index (χ3n) is 1.23. The van der Waals surface area contributed by atoms with Crippen molar-refractivity contribution in [3.05, 3.63) is 4.91 Å². The molecule has 2 amide bonds. The van der Waals surface area contributed by atoms with Crippen molar-refractivity contribution in [3.8, 4) is 0 Å². The number of carbonyl (C=O) groups excluding carboxylic acids is 2. The number of nitroso groups, excluding NO2 is 1. The first-order chi connectivity index (χ1) is 6.11. The van der Waals surface area contributed by atoms with Gasteiger partial charge in [0.25, 0.3) is 0 Å². The predicted octanol–water partition coefficient (Wildman–Crippen LogP) is -0.348. The molecule has 0 spiro atoms. The Morgan fingerprint density at radius 3 is 2.54 bits per heavy atom. The molecule has 1 unspecified atom stereocenters. The zero-order chi connectivity index (χ0) is 10.3. The van der Waals surface area contributed by atoms with Crippen molar-refractivity contribution in [1.29, 1.82) is 0 Å². The van der Waals surface area contributed by atoms with Crippen molar-refractivity contribution < 1.29 is 9.59 Å². The monoisotopic (exact) mass is 205 g/mol. The summed E-state index contributed by atoms with van der Waals surface area (Å²) in [6, 6.07) is -0.704. The van der Waals surface area contributed by atoms with Gasteiger partial charge in [-0.15, -0.1) is 4.91 Å². The molecule has 0 aromatic rings. The number of nitrogens with one attached hydrogen (secondary N) is 2. The van der Waals surface area contributed by atoms with E-state index in [2.05, 4.69) is 15.2 Å². The van der Waals surface area contributed by atoms with Gasteiger partial charge in [-0.1, -0.05) is 0 Å². The first kappa shape index (κ1) is 11.9. The molecule has 13 heavy (non-hydrogen) atoms. The SMILES string of the molecule is CNC(=O)C(CSN=O)NC(C)=O. The zero-order valence-corrected chi connectivity index (χ0v) is 8.18. The maximum atomic E-state index is 11.1. The highest BCUT2D eigenvalue weighted by Crippen LogP contribution is 2.03. The molecule has 0 aliphatic heterocycles. The van der Waals surface area contributed by atoms with E-state index in [0.717, 1.165) is 0 Å². The minimum Gasteiger partial charge on any atom is -0.357 e. The van der Waals surface area contributed by atoms with Crippen LogP contribution in [0.15, 0.2) is 4.58 Å². The molecule has 0 radical (unpaired) electrons. The summed E-state index contributed by atoms with van der Waals surface area (Å²) < 4.78 is 2.53. The maximum Gasteiger partial charge on any atom is 0.243 e. The lowest BCUT2D eigenvalue weighted by molar-refractivity contribution is -0.127. The Hall–Kier alpha value is -1.11. The Balaban J connectivity index is 4.09. The van der Waals surface area contributed by atoms with E-state index in [-0.39, 0.29) is 17.6 Å². The number of rotatable bonds is 5. The van der Waals surface area contributed by atoms with E-state index in [9.17, 15) is 14.5 Å². The zero-order valence-electron chi connectivity index (χ0n) is 7.36. The van der Waals surface area contributed by atoms with Crippen LogP contribution in [0.2, 0.25) is 0 Å². The Kier molecular flexibility index (Phi) is 5.86. The van der Waals surface area contributed by atoms with Crippen molar-refractivity contribution in [2.24, 2.45) is 4.58 Å². The molecule has 7 heteroatoms. The summed E-state index contributed by atoms with van der Waals surface area (Å²) in [5.41, 5.74) is 0. The Bertz CT molecular complexity index is 209. The van der Waals surface area contributed by atoms with Gasteiger partial charge in [-0.2, -0.15) is 0 Å². The van der Waals surface area contributed by atoms with Crippen molar-refractivity contribution in [1.82, 2.24) is 10.6 Å². The summed E-state index contributed by atoms with van der Waals surface area (Å²) in [6.45, 7) is 1.30. The van der Waals surface area contributed by atoms with E-state index in [0.29, 0.717) is 11.9 Å². The highest BCUT2D eigenvalue weighted by Gasteiger charge is 2.17. The van der Waals surface area contributed by atoms with Crippen LogP contribution in [0.25, 0.3) is 0 Å². The fourth-order valence-electron chi connectivity index (χ4n) is 0.707. The highest BCUT2D eigenvalue weighted by molar-refractivity contribution is 7.97. The van der Waals surface area contributed by atoms with Crippen LogP contribution in [0, 0.1) is 4.91 Å². The largest absolute Gasteiger partial charge is 0.357 e. The summed E-state index contributed by atoms with van der Waals surface area (Å²) in [5, 5.41) is 4.76. The number of carbonyl (C=O) groups is 2. The number of nitrogens with zero attached hydrogens (tertiary/aromatic N) is 1. The Morgan fingerprint density at radius 2 is 2.15 bits per heavy atom. The summed E-state index contributed by atoms with van der Waals surface area (Å²) in [4.78, 5) is 31.5. The molecule has 0 aromatic carbocycles. The Morgan fingerprint density at radius 1 is 1.54 bits per heavy atom. The van der Waals surface area contributed by atoms with Gasteiger partial charge in [-0.25, -0.2) is 0 Å². The summed E-state index contributed by atoms with van der Waals surface area (Å²) in [6.07, 6.45) is 0. The lowest BCUT2D eigenvalue weighted by Gasteiger charge is -2.13. The molecule has 0 aromatic heterocycles. The first-order valence-electron chi connectivity index (χ1n) is 3.55. The average Bonchev–Trinajstić information content (AvgIpc) is 2.10. The Labute approximate surface area is 79.9 Å². The van der Waals surface area contributed by atoms with Crippen molar-refractivity contribution >= 4 is 23.8 Å². The lowest BCUT2D eigenvalue weighted by atomic mass is 10.3. The third-order valence-corrected chi connectivity index (χ3v) is 1.82. The van der Waals surface area contributed by atoms with Crippen LogP contribution in [-0.4, -0.2) is 30.7 Å². The van der Waals surface area contributed by atoms with Gasteiger partial charge in [-0.05, 0) is 0 Å². The van der Waals surface area contributed by atoms with Gasteiger partial charge in [0.1, 0.15) is 6.04 Å². The van der Waals surface area contributed by atoms with Gasteiger partial charge >= 0.3 is 0 Å². The quantitative estimate of drug-likeness (QED) is 0.474. The maximum absolute atomic E-state index is 11.1. The molecule has 0 heterocycles. The lowest BCUT2D eigenvalue weighted by Crippen LogP contribution is -2.46. The van der Waals surface area contributed by atoms with E-state index >= 15 is 0 Å². The smallest absolute Gasteiger partial charge is 0.243 e. The third kappa shape index (κ3) is 5.18. The van der Waals surface area contributed by atoms with Crippen LogP contribution in [0.3, 0.4) is 0 Å². The van der Waals surface area contributed by atoms with Gasteiger partial charge < -0.3 is 10.6 Å². The van der Waals surface area contributed by atoms with Gasteiger partial charge in [-0.3, -0.25) is 9.59 Å². The van der Waals surface area contributed by atoms with Crippen LogP contribution in [0.4, 0.5) is 0 Å². The summed E-state index contributed by atoms with van der Waals surface area (Å²) in [5.74, 6) is -0.519. The average molecular weight is 205 g/mol. The molecule has 0 aliphatic carbocycles. The normalized spacial score (nSPS) is 11.5. The van der Waals surface area contributed by atoms with E-state index in [1.54, 1.807) is 0 Å². The number of amides is 2. The van der Waals surface area contributed by atoms with Crippen LogP contribution < -0.4 is 10.6 Å². The standard InChI is InChI=1S/C6H11N3O3S/c1-4(10)8-5(3-13-9-12)6(11)7-2/h5H,3H2,1-2H3,(H,7,11)(H,8,10). The summed E-state index contributed by atoms with van der Waals surface area (Å²) in [7, 11) is 1.45. The predicted molar refractivity (Wildman–Crippen MR) is 49.9 cm³/mol. The molecule has 2 N–H and O–H groups in total. The molecular weight excluding hydrogens is 194 g/mol. The number of hydrogen-bond donors (Lipinski definition) is 2. The fraction of sp³-hybridized carbons (Fsp3) is 0.667.